The van der Waals surface area contributed by atoms with Gasteiger partial charge >= 0.3 is 0 Å². The number of nitrogens with one attached hydrogen (secondary N) is 2. The molecule has 0 bridgehead atoms. The van der Waals surface area contributed by atoms with Gasteiger partial charge < -0.3 is 10.2 Å². The van der Waals surface area contributed by atoms with Crippen molar-refractivity contribution in [2.24, 2.45) is 4.99 Å². The van der Waals surface area contributed by atoms with Gasteiger partial charge in [0.2, 0.25) is 10.0 Å². The average molecular weight is 616 g/mol. The van der Waals surface area contributed by atoms with Gasteiger partial charge in [-0.3, -0.25) is 4.79 Å². The molecule has 0 saturated carbocycles. The van der Waals surface area contributed by atoms with Gasteiger partial charge in [-0.1, -0.05) is 52.5 Å². The number of aryl methyl sites for hydroxylation is 1. The van der Waals surface area contributed by atoms with Crippen molar-refractivity contribution in [1.82, 2.24) is 4.72 Å². The zero-order valence-electron chi connectivity index (χ0n) is 20.9. The summed E-state index contributed by atoms with van der Waals surface area (Å²) in [6.45, 7) is 5.26. The van der Waals surface area contributed by atoms with E-state index in [9.17, 15) is 13.2 Å². The number of likely N-dealkylation sites (N-methyl/N-ethyl adjacent to an activating group) is 1. The van der Waals surface area contributed by atoms with Crippen molar-refractivity contribution in [1.29, 1.82) is 0 Å². The quantitative estimate of drug-likeness (QED) is 0.247. The van der Waals surface area contributed by atoms with Crippen LogP contribution in [0.4, 0.5) is 17.1 Å². The van der Waals surface area contributed by atoms with Crippen molar-refractivity contribution in [3.05, 3.63) is 85.8 Å². The molecular formula is C26H26Cl4N4O3S. The molecule has 0 atom stereocenters. The van der Waals surface area contributed by atoms with Crippen LogP contribution in [0.25, 0.3) is 0 Å². The second-order valence-corrected chi connectivity index (χ2v) is 11.8. The molecule has 3 aromatic rings. The summed E-state index contributed by atoms with van der Waals surface area (Å²) in [6.07, 6.45) is 1.12. The Kier molecular flexibility index (Phi) is 10.5. The summed E-state index contributed by atoms with van der Waals surface area (Å²) >= 11 is 25.2. The van der Waals surface area contributed by atoms with Crippen molar-refractivity contribution in [3.8, 4) is 0 Å². The van der Waals surface area contributed by atoms with Gasteiger partial charge in [-0.2, -0.15) is 0 Å². The highest BCUT2D eigenvalue weighted by atomic mass is 35.5. The van der Waals surface area contributed by atoms with E-state index in [1.54, 1.807) is 36.4 Å². The fraction of sp³-hybridized carbons (Fsp3) is 0.231. The van der Waals surface area contributed by atoms with Crippen LogP contribution in [0, 0.1) is 6.92 Å². The molecule has 0 heterocycles. The van der Waals surface area contributed by atoms with E-state index < -0.39 is 15.9 Å². The molecule has 3 aromatic carbocycles. The molecule has 7 nitrogen and oxygen atoms in total. The molecule has 0 unspecified atom stereocenters. The van der Waals surface area contributed by atoms with Crippen LogP contribution in [0.2, 0.25) is 20.1 Å². The topological polar surface area (TPSA) is 90.9 Å². The molecule has 0 aliphatic carbocycles. The monoisotopic (exact) mass is 614 g/mol. The van der Waals surface area contributed by atoms with E-state index in [2.05, 4.69) is 15.0 Å². The van der Waals surface area contributed by atoms with Gasteiger partial charge in [0.15, 0.2) is 0 Å². The molecule has 202 valence electrons. The molecule has 2 N–H and O–H groups in total. The van der Waals surface area contributed by atoms with Crippen LogP contribution < -0.4 is 14.9 Å². The Morgan fingerprint density at radius 2 is 1.66 bits per heavy atom. The van der Waals surface area contributed by atoms with Crippen LogP contribution in [-0.2, 0) is 14.8 Å². The number of nitrogens with zero attached hydrogens (tertiary/aromatic N) is 2. The third-order valence-corrected chi connectivity index (χ3v) is 7.42. The SMILES string of the molecule is CCN(CCNS(C)(=O)=O)c1ccc(N=C(C(=O)Nc2cc(Cl)ccc2Cl)c2c(Cl)cccc2Cl)c(C)c1. The number of hydrogen-bond acceptors (Lipinski definition) is 5. The highest BCUT2D eigenvalue weighted by Gasteiger charge is 2.22. The molecule has 0 spiro atoms. The predicted molar refractivity (Wildman–Crippen MR) is 160 cm³/mol. The number of amides is 1. The lowest BCUT2D eigenvalue weighted by atomic mass is 10.1. The summed E-state index contributed by atoms with van der Waals surface area (Å²) in [5.41, 5.74) is 2.78. The van der Waals surface area contributed by atoms with Crippen molar-refractivity contribution >= 4 is 85.1 Å². The number of carbonyl (C=O) groups is 1. The molecule has 38 heavy (non-hydrogen) atoms. The zero-order chi connectivity index (χ0) is 28.0. The molecular weight excluding hydrogens is 590 g/mol. The van der Waals surface area contributed by atoms with Crippen LogP contribution in [-0.4, -0.2) is 45.9 Å². The van der Waals surface area contributed by atoms with E-state index in [-0.39, 0.29) is 27.9 Å². The number of rotatable bonds is 10. The summed E-state index contributed by atoms with van der Waals surface area (Å²) in [4.78, 5) is 20.2. The second kappa shape index (κ2) is 13.2. The Bertz CT molecular complexity index is 1460. The molecule has 0 aliphatic heterocycles. The van der Waals surface area contributed by atoms with Crippen LogP contribution >= 0.6 is 46.4 Å². The molecule has 0 fully saturated rings. The number of anilines is 2. The van der Waals surface area contributed by atoms with Crippen LogP contribution in [0.5, 0.6) is 0 Å². The molecule has 1 amide bonds. The smallest absolute Gasteiger partial charge is 0.275 e. The Morgan fingerprint density at radius 3 is 2.26 bits per heavy atom. The third-order valence-electron chi connectivity index (χ3n) is 5.50. The van der Waals surface area contributed by atoms with Crippen LogP contribution in [0.3, 0.4) is 0 Å². The number of sulfonamides is 1. The predicted octanol–water partition coefficient (Wildman–Crippen LogP) is 6.74. The molecule has 0 radical (unpaired) electrons. The lowest BCUT2D eigenvalue weighted by Gasteiger charge is -2.24. The molecule has 0 saturated heterocycles. The molecule has 12 heteroatoms. The van der Waals surface area contributed by atoms with Crippen molar-refractivity contribution in [3.63, 3.8) is 0 Å². The van der Waals surface area contributed by atoms with E-state index >= 15 is 0 Å². The molecule has 0 aliphatic rings. The van der Waals surface area contributed by atoms with Crippen LogP contribution in [0.15, 0.2) is 59.6 Å². The van der Waals surface area contributed by atoms with Crippen molar-refractivity contribution in [2.45, 2.75) is 13.8 Å². The summed E-state index contributed by atoms with van der Waals surface area (Å²) < 4.78 is 25.3. The van der Waals surface area contributed by atoms with Gasteiger partial charge in [-0.15, -0.1) is 0 Å². The zero-order valence-corrected chi connectivity index (χ0v) is 24.7. The van der Waals surface area contributed by atoms with Crippen LogP contribution in [0.1, 0.15) is 18.1 Å². The minimum atomic E-state index is -3.28. The second-order valence-electron chi connectivity index (χ2n) is 8.35. The fourth-order valence-electron chi connectivity index (χ4n) is 3.64. The maximum atomic E-state index is 13.5. The van der Waals surface area contributed by atoms with E-state index in [0.717, 1.165) is 17.5 Å². The molecule has 3 rings (SSSR count). The fourth-order valence-corrected chi connectivity index (χ4v) is 5.01. The Hall–Kier alpha value is -2.33. The maximum Gasteiger partial charge on any atom is 0.275 e. The average Bonchev–Trinajstić information content (AvgIpc) is 2.83. The lowest BCUT2D eigenvalue weighted by Crippen LogP contribution is -2.34. The van der Waals surface area contributed by atoms with E-state index in [1.165, 1.54) is 6.07 Å². The van der Waals surface area contributed by atoms with E-state index in [0.29, 0.717) is 34.5 Å². The Balaban J connectivity index is 2.00. The minimum Gasteiger partial charge on any atom is -0.370 e. The first kappa shape index (κ1) is 30.2. The summed E-state index contributed by atoms with van der Waals surface area (Å²) in [6, 6.07) is 15.2. The summed E-state index contributed by atoms with van der Waals surface area (Å²) in [7, 11) is -3.28. The first-order valence-electron chi connectivity index (χ1n) is 11.5. The maximum absolute atomic E-state index is 13.5. The number of aliphatic imine (C=N–C) groups is 1. The Labute approximate surface area is 242 Å². The van der Waals surface area contributed by atoms with Gasteiger partial charge in [0, 0.05) is 35.9 Å². The highest BCUT2D eigenvalue weighted by molar-refractivity contribution is 7.88. The molecule has 0 aromatic heterocycles. The van der Waals surface area contributed by atoms with Gasteiger partial charge in [-0.05, 0) is 67.9 Å². The van der Waals surface area contributed by atoms with Gasteiger partial charge in [0.25, 0.3) is 5.91 Å². The minimum absolute atomic E-state index is 0.00260. The largest absolute Gasteiger partial charge is 0.370 e. The highest BCUT2D eigenvalue weighted by Crippen LogP contribution is 2.31. The first-order valence-corrected chi connectivity index (χ1v) is 14.9. The van der Waals surface area contributed by atoms with Gasteiger partial charge in [0.05, 0.1) is 32.7 Å². The van der Waals surface area contributed by atoms with E-state index in [4.69, 9.17) is 46.4 Å². The van der Waals surface area contributed by atoms with E-state index in [1.807, 2.05) is 30.9 Å². The van der Waals surface area contributed by atoms with Crippen molar-refractivity contribution < 1.29 is 13.2 Å². The third kappa shape index (κ3) is 8.09. The number of carbonyl (C=O) groups excluding carboxylic acids is 1. The van der Waals surface area contributed by atoms with Gasteiger partial charge in [-0.25, -0.2) is 18.1 Å². The first-order chi connectivity index (χ1) is 17.9. The number of hydrogen-bond donors (Lipinski definition) is 2. The summed E-state index contributed by atoms with van der Waals surface area (Å²) in [5, 5.41) is 3.97. The van der Waals surface area contributed by atoms with Crippen molar-refractivity contribution in [2.75, 3.05) is 36.1 Å². The summed E-state index contributed by atoms with van der Waals surface area (Å²) in [5.74, 6) is -0.574. The normalized spacial score (nSPS) is 11.9. The number of benzene rings is 3. The standard InChI is InChI=1S/C26H26Cl4N4O3S/c1-4-34(13-12-31-38(3,36)37)18-9-11-22(16(2)14-18)32-25(24-20(29)6-5-7-21(24)30)26(35)33-23-15-17(27)8-10-19(23)28/h5-11,14-15,31H,4,12-13H2,1-3H3,(H,33,35). The Morgan fingerprint density at radius 1 is 0.974 bits per heavy atom. The lowest BCUT2D eigenvalue weighted by molar-refractivity contribution is -0.110. The van der Waals surface area contributed by atoms with Gasteiger partial charge in [0.1, 0.15) is 5.71 Å². The number of halogens is 4.